The van der Waals surface area contributed by atoms with Crippen LogP contribution in [0.2, 0.25) is 0 Å². The van der Waals surface area contributed by atoms with Gasteiger partial charge in [-0.3, -0.25) is 4.79 Å². The molecule has 0 unspecified atom stereocenters. The summed E-state index contributed by atoms with van der Waals surface area (Å²) in [4.78, 5) is 17.3. The number of aromatic nitrogens is 2. The lowest BCUT2D eigenvalue weighted by atomic mass is 10.1. The Morgan fingerprint density at radius 3 is 2.31 bits per heavy atom. The van der Waals surface area contributed by atoms with Gasteiger partial charge in [0.25, 0.3) is 5.91 Å². The van der Waals surface area contributed by atoms with E-state index in [4.69, 9.17) is 4.98 Å². The molecule has 4 heteroatoms. The number of imidazole rings is 1. The summed E-state index contributed by atoms with van der Waals surface area (Å²) < 4.78 is 2.45. The first-order chi connectivity index (χ1) is 17.2. The molecule has 0 bridgehead atoms. The first kappa shape index (κ1) is 27.0. The van der Waals surface area contributed by atoms with Gasteiger partial charge in [0.1, 0.15) is 5.82 Å². The second kappa shape index (κ2) is 15.4. The number of fused-ring (bicyclic) bond motifs is 1. The Morgan fingerprint density at radius 1 is 0.829 bits per heavy atom. The number of benzene rings is 2. The van der Waals surface area contributed by atoms with Crippen LogP contribution in [0.1, 0.15) is 106 Å². The zero-order valence-corrected chi connectivity index (χ0v) is 22.0. The monoisotopic (exact) mass is 475 g/mol. The lowest BCUT2D eigenvalue weighted by Crippen LogP contribution is -2.24. The van der Waals surface area contributed by atoms with E-state index in [0.717, 1.165) is 55.4 Å². The molecule has 0 atom stereocenters. The van der Waals surface area contributed by atoms with E-state index < -0.39 is 0 Å². The van der Waals surface area contributed by atoms with Crippen LogP contribution in [0, 0.1) is 6.92 Å². The Labute approximate surface area is 212 Å². The van der Waals surface area contributed by atoms with Gasteiger partial charge in [0.2, 0.25) is 0 Å². The smallest absolute Gasteiger partial charge is 0.251 e. The quantitative estimate of drug-likeness (QED) is 0.201. The number of amides is 1. The van der Waals surface area contributed by atoms with Gasteiger partial charge in [-0.25, -0.2) is 4.98 Å². The van der Waals surface area contributed by atoms with Crippen molar-refractivity contribution in [2.24, 2.45) is 0 Å². The second-order valence-corrected chi connectivity index (χ2v) is 9.93. The molecule has 0 spiro atoms. The summed E-state index contributed by atoms with van der Waals surface area (Å²) in [7, 11) is 0. The summed E-state index contributed by atoms with van der Waals surface area (Å²) in [5.41, 5.74) is 4.24. The van der Waals surface area contributed by atoms with E-state index in [9.17, 15) is 4.79 Å². The Hall–Kier alpha value is -2.62. The molecule has 190 valence electrons. The van der Waals surface area contributed by atoms with Gasteiger partial charge < -0.3 is 9.88 Å². The Balaban J connectivity index is 1.38. The van der Waals surface area contributed by atoms with Gasteiger partial charge in [-0.15, -0.1) is 0 Å². The van der Waals surface area contributed by atoms with Gasteiger partial charge in [0.15, 0.2) is 0 Å². The van der Waals surface area contributed by atoms with E-state index in [2.05, 4.69) is 41.1 Å². The number of carbonyl (C=O) groups is 1. The average molecular weight is 476 g/mol. The molecule has 4 nitrogen and oxygen atoms in total. The first-order valence-corrected chi connectivity index (χ1v) is 14.0. The van der Waals surface area contributed by atoms with Crippen molar-refractivity contribution >= 4 is 16.9 Å². The zero-order chi connectivity index (χ0) is 24.7. The molecular weight excluding hydrogens is 430 g/mol. The molecule has 0 radical (unpaired) electrons. The van der Waals surface area contributed by atoms with Crippen LogP contribution in [-0.2, 0) is 13.0 Å². The van der Waals surface area contributed by atoms with E-state index >= 15 is 0 Å². The second-order valence-electron chi connectivity index (χ2n) is 9.93. The predicted octanol–water partition coefficient (Wildman–Crippen LogP) is 8.02. The molecule has 0 aliphatic heterocycles. The molecule has 1 N–H and O–H groups in total. The number of unbranched alkanes of at least 4 members (excludes halogenated alkanes) is 10. The topological polar surface area (TPSA) is 46.9 Å². The molecule has 35 heavy (non-hydrogen) atoms. The highest BCUT2D eigenvalue weighted by molar-refractivity contribution is 5.94. The van der Waals surface area contributed by atoms with Crippen molar-refractivity contribution < 1.29 is 4.79 Å². The lowest BCUT2D eigenvalue weighted by molar-refractivity contribution is 0.0953. The molecule has 3 rings (SSSR count). The number of para-hydroxylation sites is 2. The fourth-order valence-electron chi connectivity index (χ4n) is 4.82. The van der Waals surface area contributed by atoms with Crippen LogP contribution in [0.3, 0.4) is 0 Å². The minimum Gasteiger partial charge on any atom is -0.352 e. The summed E-state index contributed by atoms with van der Waals surface area (Å²) in [5, 5.41) is 3.06. The molecule has 1 heterocycles. The van der Waals surface area contributed by atoms with Gasteiger partial charge in [-0.05, 0) is 50.5 Å². The number of nitrogens with zero attached hydrogens (tertiary/aromatic N) is 2. The van der Waals surface area contributed by atoms with E-state index in [-0.39, 0.29) is 5.91 Å². The van der Waals surface area contributed by atoms with Crippen LogP contribution >= 0.6 is 0 Å². The van der Waals surface area contributed by atoms with Crippen LogP contribution < -0.4 is 5.32 Å². The molecule has 2 aromatic carbocycles. The van der Waals surface area contributed by atoms with Crippen molar-refractivity contribution in [2.75, 3.05) is 6.54 Å². The van der Waals surface area contributed by atoms with Gasteiger partial charge in [-0.1, -0.05) is 94.5 Å². The van der Waals surface area contributed by atoms with Crippen molar-refractivity contribution in [3.63, 3.8) is 0 Å². The van der Waals surface area contributed by atoms with E-state index in [0.29, 0.717) is 0 Å². The molecular formula is C31H45N3O. The maximum atomic E-state index is 12.3. The maximum absolute atomic E-state index is 12.3. The van der Waals surface area contributed by atoms with Gasteiger partial charge in [0.05, 0.1) is 11.0 Å². The van der Waals surface area contributed by atoms with Crippen LogP contribution in [0.15, 0.2) is 48.5 Å². The molecule has 3 aromatic rings. The summed E-state index contributed by atoms with van der Waals surface area (Å²) in [5.74, 6) is 1.24. The summed E-state index contributed by atoms with van der Waals surface area (Å²) in [6.45, 7) is 6.08. The van der Waals surface area contributed by atoms with Crippen molar-refractivity contribution in [3.8, 4) is 0 Å². The Bertz CT molecular complexity index is 1020. The third kappa shape index (κ3) is 9.16. The fraction of sp³-hybridized carbons (Fsp3) is 0.548. The largest absolute Gasteiger partial charge is 0.352 e. The highest BCUT2D eigenvalue weighted by Gasteiger charge is 2.10. The average Bonchev–Trinajstić information content (AvgIpc) is 3.22. The van der Waals surface area contributed by atoms with E-state index in [1.165, 1.54) is 69.1 Å². The third-order valence-electron chi connectivity index (χ3n) is 6.86. The third-order valence-corrected chi connectivity index (χ3v) is 6.86. The SMILES string of the molecule is CCCCCCCCCCCn1c(CCCCCNC(=O)c2cccc(C)c2)nc2ccccc21. The normalized spacial score (nSPS) is 11.3. The van der Waals surface area contributed by atoms with Gasteiger partial charge >= 0.3 is 0 Å². The Kier molecular flexibility index (Phi) is 11.9. The van der Waals surface area contributed by atoms with Crippen LogP contribution in [-0.4, -0.2) is 22.0 Å². The molecule has 0 fully saturated rings. The van der Waals surface area contributed by atoms with Crippen LogP contribution in [0.4, 0.5) is 0 Å². The standard InChI is InChI=1S/C31H45N3O/c1-3-4-5-6-7-8-9-10-16-24-34-29-21-14-13-20-28(29)33-30(34)22-12-11-15-23-32-31(35)27-19-17-18-26(2)25-27/h13-14,17-21,25H,3-12,15-16,22-24H2,1-2H3,(H,32,35). The fourth-order valence-corrected chi connectivity index (χ4v) is 4.82. The lowest BCUT2D eigenvalue weighted by Gasteiger charge is -2.10. The molecule has 0 aliphatic carbocycles. The van der Waals surface area contributed by atoms with Crippen molar-refractivity contribution in [1.29, 1.82) is 0 Å². The molecule has 0 saturated heterocycles. The van der Waals surface area contributed by atoms with Crippen LogP contribution in [0.5, 0.6) is 0 Å². The van der Waals surface area contributed by atoms with Crippen molar-refractivity contribution in [2.45, 2.75) is 104 Å². The molecule has 0 aliphatic rings. The number of carbonyl (C=O) groups excluding carboxylic acids is 1. The number of hydrogen-bond donors (Lipinski definition) is 1. The highest BCUT2D eigenvalue weighted by Crippen LogP contribution is 2.19. The zero-order valence-electron chi connectivity index (χ0n) is 22.0. The van der Waals surface area contributed by atoms with Gasteiger partial charge in [-0.2, -0.15) is 0 Å². The summed E-state index contributed by atoms with van der Waals surface area (Å²) in [6.07, 6.45) is 16.4. The molecule has 0 saturated carbocycles. The minimum atomic E-state index is 0.0245. The summed E-state index contributed by atoms with van der Waals surface area (Å²) in [6, 6.07) is 16.3. The maximum Gasteiger partial charge on any atom is 0.251 e. The molecule has 1 amide bonds. The first-order valence-electron chi connectivity index (χ1n) is 14.0. The van der Waals surface area contributed by atoms with Crippen LogP contribution in [0.25, 0.3) is 11.0 Å². The van der Waals surface area contributed by atoms with Crippen molar-refractivity contribution in [3.05, 3.63) is 65.5 Å². The number of aryl methyl sites for hydroxylation is 3. The molecule has 1 aromatic heterocycles. The highest BCUT2D eigenvalue weighted by atomic mass is 16.1. The number of nitrogens with one attached hydrogen (secondary N) is 1. The number of hydrogen-bond acceptors (Lipinski definition) is 2. The van der Waals surface area contributed by atoms with Crippen molar-refractivity contribution in [1.82, 2.24) is 14.9 Å². The minimum absolute atomic E-state index is 0.0245. The number of rotatable bonds is 17. The van der Waals surface area contributed by atoms with Gasteiger partial charge in [0, 0.05) is 25.1 Å². The summed E-state index contributed by atoms with van der Waals surface area (Å²) >= 11 is 0. The van der Waals surface area contributed by atoms with E-state index in [1.54, 1.807) is 0 Å². The predicted molar refractivity (Wildman–Crippen MR) is 148 cm³/mol. The van der Waals surface area contributed by atoms with E-state index in [1.807, 2.05) is 31.2 Å². The Morgan fingerprint density at radius 2 is 1.54 bits per heavy atom.